The highest BCUT2D eigenvalue weighted by Gasteiger charge is 2.40. The molecule has 1 heterocycles. The molecule has 1 unspecified atom stereocenters. The molecule has 1 N–H and O–H groups in total. The number of amides is 3. The van der Waals surface area contributed by atoms with Gasteiger partial charge in [0.1, 0.15) is 0 Å². The van der Waals surface area contributed by atoms with Crippen molar-refractivity contribution >= 4 is 11.9 Å². The minimum Gasteiger partial charge on any atom is -0.323 e. The van der Waals surface area contributed by atoms with Crippen molar-refractivity contribution in [2.45, 2.75) is 20.0 Å². The summed E-state index contributed by atoms with van der Waals surface area (Å²) in [5.41, 5.74) is 6.90. The highest BCUT2D eigenvalue weighted by molar-refractivity contribution is 5.97. The number of hydrogen-bond acceptors (Lipinski definition) is 4. The first-order chi connectivity index (χ1) is 6.49. The smallest absolute Gasteiger partial charge is 0.323 e. The fourth-order valence-electron chi connectivity index (χ4n) is 1.33. The van der Waals surface area contributed by atoms with Gasteiger partial charge < -0.3 is 4.90 Å². The van der Waals surface area contributed by atoms with Crippen molar-refractivity contribution in [1.29, 1.82) is 5.53 Å². The summed E-state index contributed by atoms with van der Waals surface area (Å²) in [6.07, 6.45) is -0.651. The van der Waals surface area contributed by atoms with Crippen molar-refractivity contribution in [2.24, 2.45) is 11.0 Å². The molecule has 6 nitrogen and oxygen atoms in total. The zero-order valence-electron chi connectivity index (χ0n) is 8.52. The largest absolute Gasteiger partial charge is 0.328 e. The summed E-state index contributed by atoms with van der Waals surface area (Å²) in [5.74, 6) is -0.532. The molecule has 0 bridgehead atoms. The maximum absolute atomic E-state index is 11.6. The molecule has 1 saturated heterocycles. The van der Waals surface area contributed by atoms with Crippen LogP contribution >= 0.6 is 0 Å². The minimum atomic E-state index is -0.651. The van der Waals surface area contributed by atoms with Gasteiger partial charge in [-0.25, -0.2) is 15.2 Å². The van der Waals surface area contributed by atoms with Crippen LogP contribution in [-0.4, -0.2) is 41.5 Å². The monoisotopic (exact) mass is 198 g/mol. The van der Waals surface area contributed by atoms with Crippen molar-refractivity contribution in [2.75, 3.05) is 13.6 Å². The van der Waals surface area contributed by atoms with Gasteiger partial charge in [0.05, 0.1) is 6.54 Å². The predicted molar refractivity (Wildman–Crippen MR) is 48.6 cm³/mol. The molecule has 0 aromatic heterocycles. The molecule has 6 heteroatoms. The SMILES string of the molecule is CC(C)C(=O)N1C(=O)N(C)CC1N=N. The number of likely N-dealkylation sites (N-methyl/N-ethyl adjacent to an activating group) is 1. The fraction of sp³-hybridized carbons (Fsp3) is 0.750. The van der Waals surface area contributed by atoms with Crippen LogP contribution in [0.15, 0.2) is 5.11 Å². The maximum Gasteiger partial charge on any atom is 0.328 e. The van der Waals surface area contributed by atoms with E-state index in [-0.39, 0.29) is 17.9 Å². The molecule has 1 atom stereocenters. The number of rotatable bonds is 2. The molecule has 0 aromatic rings. The highest BCUT2D eigenvalue weighted by atomic mass is 16.2. The normalized spacial score (nSPS) is 22.0. The topological polar surface area (TPSA) is 76.8 Å². The van der Waals surface area contributed by atoms with Crippen LogP contribution in [0.2, 0.25) is 0 Å². The Morgan fingerprint density at radius 3 is 2.64 bits per heavy atom. The van der Waals surface area contributed by atoms with E-state index in [0.29, 0.717) is 6.54 Å². The standard InChI is InChI=1S/C8H14N4O2/c1-5(2)7(13)12-6(10-9)4-11(3)8(12)14/h5-6,9H,4H2,1-3H3. The van der Waals surface area contributed by atoms with Gasteiger partial charge in [-0.3, -0.25) is 4.79 Å². The van der Waals surface area contributed by atoms with Gasteiger partial charge in [0.25, 0.3) is 0 Å². The summed E-state index contributed by atoms with van der Waals surface area (Å²) in [6.45, 7) is 3.74. The molecule has 0 saturated carbocycles. The third-order valence-corrected chi connectivity index (χ3v) is 2.15. The number of nitrogens with zero attached hydrogens (tertiary/aromatic N) is 3. The summed E-state index contributed by atoms with van der Waals surface area (Å²) < 4.78 is 0. The van der Waals surface area contributed by atoms with E-state index in [1.807, 2.05) is 0 Å². The summed E-state index contributed by atoms with van der Waals surface area (Å²) >= 11 is 0. The van der Waals surface area contributed by atoms with E-state index in [9.17, 15) is 9.59 Å². The van der Waals surface area contributed by atoms with Gasteiger partial charge in [-0.15, -0.1) is 0 Å². The summed E-state index contributed by atoms with van der Waals surface area (Å²) in [6, 6.07) is -0.371. The van der Waals surface area contributed by atoms with E-state index in [2.05, 4.69) is 5.11 Å². The van der Waals surface area contributed by atoms with Crippen LogP contribution in [0, 0.1) is 11.4 Å². The van der Waals surface area contributed by atoms with Crippen molar-refractivity contribution in [3.8, 4) is 0 Å². The van der Waals surface area contributed by atoms with Crippen LogP contribution in [0.4, 0.5) is 4.79 Å². The Labute approximate surface area is 82.4 Å². The zero-order chi connectivity index (χ0) is 10.9. The van der Waals surface area contributed by atoms with Crippen LogP contribution < -0.4 is 0 Å². The lowest BCUT2D eigenvalue weighted by atomic mass is 10.2. The minimum absolute atomic E-state index is 0.255. The molecule has 0 aromatic carbocycles. The first-order valence-corrected chi connectivity index (χ1v) is 4.43. The van der Waals surface area contributed by atoms with Crippen molar-refractivity contribution < 1.29 is 9.59 Å². The predicted octanol–water partition coefficient (Wildman–Crippen LogP) is 0.893. The first kappa shape index (κ1) is 10.6. The van der Waals surface area contributed by atoms with Gasteiger partial charge in [-0.05, 0) is 0 Å². The molecular formula is C8H14N4O2. The number of imide groups is 1. The first-order valence-electron chi connectivity index (χ1n) is 4.43. The van der Waals surface area contributed by atoms with Crippen LogP contribution in [-0.2, 0) is 4.79 Å². The lowest BCUT2D eigenvalue weighted by molar-refractivity contribution is -0.132. The van der Waals surface area contributed by atoms with Gasteiger partial charge in [-0.2, -0.15) is 5.11 Å². The van der Waals surface area contributed by atoms with E-state index in [0.717, 1.165) is 4.90 Å². The summed E-state index contributed by atoms with van der Waals surface area (Å²) in [7, 11) is 1.59. The second kappa shape index (κ2) is 3.73. The molecule has 78 valence electrons. The van der Waals surface area contributed by atoms with Crippen LogP contribution in [0.3, 0.4) is 0 Å². The molecule has 1 aliphatic heterocycles. The number of carbonyl (C=O) groups is 2. The number of hydrogen-bond donors (Lipinski definition) is 1. The Morgan fingerprint density at radius 1 is 1.64 bits per heavy atom. The highest BCUT2D eigenvalue weighted by Crippen LogP contribution is 2.17. The summed E-state index contributed by atoms with van der Waals surface area (Å²) in [5, 5.41) is 3.27. The Morgan fingerprint density at radius 2 is 2.21 bits per heavy atom. The van der Waals surface area contributed by atoms with Gasteiger partial charge in [0, 0.05) is 13.0 Å². The van der Waals surface area contributed by atoms with E-state index < -0.39 is 6.17 Å². The van der Waals surface area contributed by atoms with Crippen molar-refractivity contribution in [3.05, 3.63) is 0 Å². The van der Waals surface area contributed by atoms with E-state index >= 15 is 0 Å². The lowest BCUT2D eigenvalue weighted by Gasteiger charge is -2.18. The Kier molecular flexibility index (Phi) is 2.83. The third kappa shape index (κ3) is 1.59. The quantitative estimate of drug-likeness (QED) is 0.669. The van der Waals surface area contributed by atoms with E-state index in [1.54, 1.807) is 20.9 Å². The second-order valence-electron chi connectivity index (χ2n) is 3.64. The molecule has 1 aliphatic rings. The molecule has 1 rings (SSSR count). The van der Waals surface area contributed by atoms with Crippen LogP contribution in [0.5, 0.6) is 0 Å². The Hall–Kier alpha value is -1.46. The van der Waals surface area contributed by atoms with Crippen LogP contribution in [0.1, 0.15) is 13.8 Å². The average Bonchev–Trinajstić information content (AvgIpc) is 2.42. The molecule has 0 aliphatic carbocycles. The Bertz CT molecular complexity index is 277. The molecule has 14 heavy (non-hydrogen) atoms. The van der Waals surface area contributed by atoms with Crippen LogP contribution in [0.25, 0.3) is 0 Å². The molecular weight excluding hydrogens is 184 g/mol. The molecule has 3 amide bonds. The molecule has 1 fully saturated rings. The molecule has 0 radical (unpaired) electrons. The number of urea groups is 1. The van der Waals surface area contributed by atoms with Gasteiger partial charge >= 0.3 is 6.03 Å². The van der Waals surface area contributed by atoms with Crippen molar-refractivity contribution in [1.82, 2.24) is 9.80 Å². The fourth-order valence-corrected chi connectivity index (χ4v) is 1.33. The van der Waals surface area contributed by atoms with E-state index in [1.165, 1.54) is 4.90 Å². The lowest BCUT2D eigenvalue weighted by Crippen LogP contribution is -2.41. The van der Waals surface area contributed by atoms with E-state index in [4.69, 9.17) is 5.53 Å². The second-order valence-corrected chi connectivity index (χ2v) is 3.64. The molecule has 0 spiro atoms. The maximum atomic E-state index is 11.6. The third-order valence-electron chi connectivity index (χ3n) is 2.15. The Balaban J connectivity index is 2.89. The number of carbonyl (C=O) groups excluding carboxylic acids is 2. The van der Waals surface area contributed by atoms with Crippen molar-refractivity contribution in [3.63, 3.8) is 0 Å². The average molecular weight is 198 g/mol. The van der Waals surface area contributed by atoms with Gasteiger partial charge in [0.2, 0.25) is 5.91 Å². The number of nitrogens with one attached hydrogen (secondary N) is 1. The summed E-state index contributed by atoms with van der Waals surface area (Å²) in [4.78, 5) is 25.6. The zero-order valence-corrected chi connectivity index (χ0v) is 8.52. The van der Waals surface area contributed by atoms with Gasteiger partial charge in [-0.1, -0.05) is 13.8 Å². The van der Waals surface area contributed by atoms with Gasteiger partial charge in [0.15, 0.2) is 6.17 Å².